The molecule has 1 aromatic carbocycles. The molecule has 0 saturated carbocycles. The molecule has 4 rings (SSSR count). The molecular formula is C23H28N4O2. The molecule has 0 spiro atoms. The molecule has 6 heteroatoms. The summed E-state index contributed by atoms with van der Waals surface area (Å²) in [5.41, 5.74) is 5.30. The van der Waals surface area contributed by atoms with Crippen molar-refractivity contribution in [2.45, 2.75) is 39.8 Å². The molecule has 2 aromatic heterocycles. The molecule has 1 atom stereocenters. The van der Waals surface area contributed by atoms with Crippen molar-refractivity contribution in [2.24, 2.45) is 0 Å². The van der Waals surface area contributed by atoms with Crippen LogP contribution in [-0.2, 0) is 11.3 Å². The van der Waals surface area contributed by atoms with Crippen LogP contribution >= 0.6 is 0 Å². The molecule has 1 aliphatic heterocycles. The molecule has 1 fully saturated rings. The summed E-state index contributed by atoms with van der Waals surface area (Å²) in [5, 5.41) is 0. The fourth-order valence-electron chi connectivity index (χ4n) is 4.38. The summed E-state index contributed by atoms with van der Waals surface area (Å²) in [5.74, 6) is 1.01. The van der Waals surface area contributed by atoms with E-state index in [9.17, 15) is 4.79 Å². The number of aromatic nitrogens is 3. The van der Waals surface area contributed by atoms with Gasteiger partial charge in [-0.2, -0.15) is 0 Å². The highest BCUT2D eigenvalue weighted by Gasteiger charge is 2.30. The zero-order chi connectivity index (χ0) is 20.5. The Kier molecular flexibility index (Phi) is 5.28. The summed E-state index contributed by atoms with van der Waals surface area (Å²) < 4.78 is 9.69. The molecule has 3 aromatic rings. The molecule has 29 heavy (non-hydrogen) atoms. The minimum absolute atomic E-state index is 0.0889. The molecule has 0 radical (unpaired) electrons. The van der Waals surface area contributed by atoms with Crippen LogP contribution in [0, 0.1) is 20.8 Å². The molecule has 152 valence electrons. The van der Waals surface area contributed by atoms with Gasteiger partial charge in [0, 0.05) is 54.7 Å². The van der Waals surface area contributed by atoms with E-state index in [-0.39, 0.29) is 11.9 Å². The Labute approximate surface area is 171 Å². The van der Waals surface area contributed by atoms with E-state index in [1.807, 2.05) is 35.4 Å². The summed E-state index contributed by atoms with van der Waals surface area (Å²) >= 11 is 0. The van der Waals surface area contributed by atoms with Crippen molar-refractivity contribution in [3.8, 4) is 5.69 Å². The maximum absolute atomic E-state index is 13.1. The van der Waals surface area contributed by atoms with Crippen LogP contribution in [0.5, 0.6) is 0 Å². The zero-order valence-corrected chi connectivity index (χ0v) is 17.6. The van der Waals surface area contributed by atoms with Crippen molar-refractivity contribution in [1.82, 2.24) is 19.0 Å². The highest BCUT2D eigenvalue weighted by atomic mass is 16.5. The minimum Gasteiger partial charge on any atom is -0.377 e. The first-order valence-corrected chi connectivity index (χ1v) is 10.1. The standard InChI is InChI=1S/C23H28N4O2/c1-16-5-6-17(2)26(16)20-9-7-19(8-10-20)23(28)25-12-11-21(14-25)27-18(3)13-24-22(27)15-29-4/h5-10,13,21H,11-12,14-15H2,1-4H3. The summed E-state index contributed by atoms with van der Waals surface area (Å²) in [6.45, 7) is 8.17. The second-order valence-electron chi connectivity index (χ2n) is 7.81. The monoisotopic (exact) mass is 392 g/mol. The Morgan fingerprint density at radius 3 is 2.41 bits per heavy atom. The molecule has 0 aliphatic carbocycles. The van der Waals surface area contributed by atoms with Gasteiger partial charge in [0.25, 0.3) is 5.91 Å². The Balaban J connectivity index is 1.49. The van der Waals surface area contributed by atoms with E-state index in [0.29, 0.717) is 13.2 Å². The van der Waals surface area contributed by atoms with Crippen LogP contribution in [-0.4, -0.2) is 45.1 Å². The fourth-order valence-corrected chi connectivity index (χ4v) is 4.38. The normalized spacial score (nSPS) is 16.6. The number of likely N-dealkylation sites (tertiary alicyclic amines) is 1. The number of carbonyl (C=O) groups excluding carboxylic acids is 1. The van der Waals surface area contributed by atoms with E-state index in [0.717, 1.165) is 35.7 Å². The van der Waals surface area contributed by atoms with Gasteiger partial charge in [-0.05, 0) is 63.6 Å². The quantitative estimate of drug-likeness (QED) is 0.663. The highest BCUT2D eigenvalue weighted by molar-refractivity contribution is 5.94. The Morgan fingerprint density at radius 2 is 1.76 bits per heavy atom. The maximum Gasteiger partial charge on any atom is 0.253 e. The van der Waals surface area contributed by atoms with E-state index in [2.05, 4.69) is 47.0 Å². The Morgan fingerprint density at radius 1 is 1.07 bits per heavy atom. The van der Waals surface area contributed by atoms with Gasteiger partial charge < -0.3 is 18.8 Å². The lowest BCUT2D eigenvalue weighted by Crippen LogP contribution is -2.29. The average Bonchev–Trinajstić information content (AvgIpc) is 3.41. The zero-order valence-electron chi connectivity index (χ0n) is 17.6. The molecule has 1 saturated heterocycles. The van der Waals surface area contributed by atoms with E-state index < -0.39 is 0 Å². The van der Waals surface area contributed by atoms with Gasteiger partial charge in [0.2, 0.25) is 0 Å². The number of hydrogen-bond acceptors (Lipinski definition) is 3. The molecular weight excluding hydrogens is 364 g/mol. The number of aryl methyl sites for hydroxylation is 3. The summed E-state index contributed by atoms with van der Waals surface area (Å²) in [6.07, 6.45) is 2.81. The molecule has 1 unspecified atom stereocenters. The number of carbonyl (C=O) groups is 1. The van der Waals surface area contributed by atoms with Crippen LogP contribution in [0.2, 0.25) is 0 Å². The van der Waals surface area contributed by atoms with Crippen LogP contribution in [0.3, 0.4) is 0 Å². The predicted octanol–water partition coefficient (Wildman–Crippen LogP) is 3.83. The number of nitrogens with zero attached hydrogens (tertiary/aromatic N) is 4. The summed E-state index contributed by atoms with van der Waals surface area (Å²) in [6, 6.07) is 12.4. The SMILES string of the molecule is COCc1ncc(C)n1C1CCN(C(=O)c2ccc(-n3c(C)ccc3C)cc2)C1. The maximum atomic E-state index is 13.1. The van der Waals surface area contributed by atoms with Crippen molar-refractivity contribution in [1.29, 1.82) is 0 Å². The van der Waals surface area contributed by atoms with E-state index in [1.165, 1.54) is 11.4 Å². The Bertz CT molecular complexity index is 997. The average molecular weight is 393 g/mol. The fraction of sp³-hybridized carbons (Fsp3) is 0.391. The first-order chi connectivity index (χ1) is 14.0. The molecule has 0 bridgehead atoms. The van der Waals surface area contributed by atoms with Crippen molar-refractivity contribution < 1.29 is 9.53 Å². The predicted molar refractivity (Wildman–Crippen MR) is 112 cm³/mol. The number of hydrogen-bond donors (Lipinski definition) is 0. The first-order valence-electron chi connectivity index (χ1n) is 10.1. The van der Waals surface area contributed by atoms with Gasteiger partial charge in [-0.3, -0.25) is 4.79 Å². The van der Waals surface area contributed by atoms with E-state index >= 15 is 0 Å². The van der Waals surface area contributed by atoms with Crippen LogP contribution in [0.4, 0.5) is 0 Å². The van der Waals surface area contributed by atoms with Crippen molar-refractivity contribution in [2.75, 3.05) is 20.2 Å². The third-order valence-corrected chi connectivity index (χ3v) is 5.79. The molecule has 0 N–H and O–H groups in total. The topological polar surface area (TPSA) is 52.3 Å². The van der Waals surface area contributed by atoms with Gasteiger partial charge in [0.15, 0.2) is 0 Å². The second-order valence-corrected chi connectivity index (χ2v) is 7.81. The lowest BCUT2D eigenvalue weighted by molar-refractivity contribution is 0.0787. The van der Waals surface area contributed by atoms with Crippen molar-refractivity contribution in [3.63, 3.8) is 0 Å². The second kappa shape index (κ2) is 7.87. The number of imidazole rings is 1. The van der Waals surface area contributed by atoms with Crippen molar-refractivity contribution >= 4 is 5.91 Å². The van der Waals surface area contributed by atoms with Gasteiger partial charge >= 0.3 is 0 Å². The number of amides is 1. The van der Waals surface area contributed by atoms with Crippen LogP contribution in [0.25, 0.3) is 5.69 Å². The smallest absolute Gasteiger partial charge is 0.253 e. The number of methoxy groups -OCH3 is 1. The van der Waals surface area contributed by atoms with Crippen LogP contribution in [0.1, 0.15) is 45.7 Å². The largest absolute Gasteiger partial charge is 0.377 e. The highest BCUT2D eigenvalue weighted by Crippen LogP contribution is 2.27. The number of benzene rings is 1. The lowest BCUT2D eigenvalue weighted by atomic mass is 10.1. The van der Waals surface area contributed by atoms with Crippen LogP contribution < -0.4 is 0 Å². The number of rotatable bonds is 5. The third-order valence-electron chi connectivity index (χ3n) is 5.79. The molecule has 6 nitrogen and oxygen atoms in total. The third kappa shape index (κ3) is 3.60. The van der Waals surface area contributed by atoms with Gasteiger partial charge in [-0.25, -0.2) is 4.98 Å². The first kappa shape index (κ1) is 19.5. The van der Waals surface area contributed by atoms with Gasteiger partial charge in [0.05, 0.1) is 6.04 Å². The lowest BCUT2D eigenvalue weighted by Gasteiger charge is -2.20. The van der Waals surface area contributed by atoms with Gasteiger partial charge in [-0.15, -0.1) is 0 Å². The minimum atomic E-state index is 0.0889. The van der Waals surface area contributed by atoms with E-state index in [4.69, 9.17) is 4.74 Å². The molecule has 3 heterocycles. The summed E-state index contributed by atoms with van der Waals surface area (Å²) in [7, 11) is 1.68. The van der Waals surface area contributed by atoms with Crippen molar-refractivity contribution in [3.05, 3.63) is 71.1 Å². The van der Waals surface area contributed by atoms with E-state index in [1.54, 1.807) is 7.11 Å². The Hall–Kier alpha value is -2.86. The summed E-state index contributed by atoms with van der Waals surface area (Å²) in [4.78, 5) is 19.5. The molecule has 1 aliphatic rings. The van der Waals surface area contributed by atoms with Crippen LogP contribution in [0.15, 0.2) is 42.6 Å². The molecule has 1 amide bonds. The van der Waals surface area contributed by atoms with Gasteiger partial charge in [0.1, 0.15) is 12.4 Å². The number of ether oxygens (including phenoxy) is 1. The van der Waals surface area contributed by atoms with Gasteiger partial charge in [-0.1, -0.05) is 0 Å².